The summed E-state index contributed by atoms with van der Waals surface area (Å²) in [7, 11) is 1.80. The number of halogens is 1. The first-order valence-corrected chi connectivity index (χ1v) is 8.52. The van der Waals surface area contributed by atoms with Gasteiger partial charge in [-0.15, -0.1) is 0 Å². The van der Waals surface area contributed by atoms with E-state index in [4.69, 9.17) is 11.6 Å². The van der Waals surface area contributed by atoms with Crippen LogP contribution in [-0.2, 0) is 13.0 Å². The molecular weight excluding hydrogens is 324 g/mol. The Morgan fingerprint density at radius 3 is 2.67 bits per heavy atom. The number of aryl methyl sites for hydroxylation is 3. The second-order valence-corrected chi connectivity index (χ2v) is 6.46. The van der Waals surface area contributed by atoms with E-state index in [1.165, 1.54) is 11.3 Å². The molecule has 6 heteroatoms. The summed E-state index contributed by atoms with van der Waals surface area (Å²) in [5.74, 6) is 0. The number of carbonyl (C=O) groups excluding carboxylic acids is 1. The van der Waals surface area contributed by atoms with Crippen molar-refractivity contribution in [2.24, 2.45) is 0 Å². The molecule has 0 radical (unpaired) electrons. The van der Waals surface area contributed by atoms with Crippen molar-refractivity contribution < 1.29 is 4.79 Å². The second-order valence-electron chi connectivity index (χ2n) is 6.03. The summed E-state index contributed by atoms with van der Waals surface area (Å²) in [6.07, 6.45) is 0.788. The van der Waals surface area contributed by atoms with E-state index in [1.807, 2.05) is 30.7 Å². The quantitative estimate of drug-likeness (QED) is 0.880. The number of nitrogens with zero attached hydrogens (tertiary/aromatic N) is 3. The lowest BCUT2D eigenvalue weighted by Crippen LogP contribution is -2.33. The molecule has 5 nitrogen and oxygen atoms in total. The molecule has 130 valence electrons. The molecule has 0 saturated heterocycles. The van der Waals surface area contributed by atoms with Crippen LogP contribution in [0.3, 0.4) is 0 Å². The van der Waals surface area contributed by atoms with Gasteiger partial charge in [-0.2, -0.15) is 5.10 Å². The van der Waals surface area contributed by atoms with Crippen molar-refractivity contribution >= 4 is 23.3 Å². The number of urea groups is 1. The number of amides is 2. The zero-order chi connectivity index (χ0) is 17.9. The lowest BCUT2D eigenvalue weighted by atomic mass is 10.1. The topological polar surface area (TPSA) is 50.2 Å². The maximum absolute atomic E-state index is 12.4. The van der Waals surface area contributed by atoms with Crippen molar-refractivity contribution in [2.75, 3.05) is 18.9 Å². The molecule has 1 aromatic carbocycles. The Hall–Kier alpha value is -2.01. The number of rotatable bonds is 5. The van der Waals surface area contributed by atoms with Crippen molar-refractivity contribution in [3.63, 3.8) is 0 Å². The molecule has 0 saturated carbocycles. The summed E-state index contributed by atoms with van der Waals surface area (Å²) >= 11 is 6.00. The number of hydrogen-bond donors (Lipinski definition) is 1. The highest BCUT2D eigenvalue weighted by Gasteiger charge is 2.14. The molecular formula is C18H25ClN4O. The first-order chi connectivity index (χ1) is 11.3. The van der Waals surface area contributed by atoms with Crippen molar-refractivity contribution in [3.8, 4) is 0 Å². The van der Waals surface area contributed by atoms with Crippen LogP contribution in [0, 0.1) is 20.8 Å². The Morgan fingerprint density at radius 2 is 2.04 bits per heavy atom. The molecule has 2 amide bonds. The first-order valence-electron chi connectivity index (χ1n) is 8.14. The molecule has 0 aliphatic carbocycles. The molecule has 0 bridgehead atoms. The Morgan fingerprint density at radius 1 is 1.33 bits per heavy atom. The lowest BCUT2D eigenvalue weighted by Gasteiger charge is -2.19. The fraction of sp³-hybridized carbons (Fsp3) is 0.444. The monoisotopic (exact) mass is 348 g/mol. The average Bonchev–Trinajstić information content (AvgIpc) is 2.82. The Bertz CT molecular complexity index is 739. The van der Waals surface area contributed by atoms with Gasteiger partial charge in [0.1, 0.15) is 0 Å². The van der Waals surface area contributed by atoms with E-state index >= 15 is 0 Å². The molecule has 2 aromatic rings. The van der Waals surface area contributed by atoms with E-state index in [-0.39, 0.29) is 6.03 Å². The third-order valence-electron chi connectivity index (χ3n) is 4.32. The van der Waals surface area contributed by atoms with Crippen molar-refractivity contribution in [1.82, 2.24) is 14.7 Å². The van der Waals surface area contributed by atoms with Crippen molar-refractivity contribution in [2.45, 2.75) is 40.7 Å². The van der Waals surface area contributed by atoms with Gasteiger partial charge in [0, 0.05) is 36.5 Å². The minimum atomic E-state index is -0.140. The van der Waals surface area contributed by atoms with E-state index in [0.29, 0.717) is 11.6 Å². The van der Waals surface area contributed by atoms with Crippen LogP contribution < -0.4 is 5.32 Å². The Balaban J connectivity index is 1.99. The summed E-state index contributed by atoms with van der Waals surface area (Å²) < 4.78 is 2.00. The van der Waals surface area contributed by atoms with Gasteiger partial charge < -0.3 is 10.2 Å². The zero-order valence-electron chi connectivity index (χ0n) is 15.0. The van der Waals surface area contributed by atoms with Gasteiger partial charge in [-0.25, -0.2) is 4.79 Å². The zero-order valence-corrected chi connectivity index (χ0v) is 15.7. The van der Waals surface area contributed by atoms with Crippen LogP contribution in [0.4, 0.5) is 10.5 Å². The third-order valence-corrected chi connectivity index (χ3v) is 4.55. The molecule has 0 aliphatic heterocycles. The van der Waals surface area contributed by atoms with Crippen LogP contribution in [0.15, 0.2) is 18.2 Å². The number of hydrogen-bond acceptors (Lipinski definition) is 2. The van der Waals surface area contributed by atoms with Gasteiger partial charge in [-0.3, -0.25) is 4.68 Å². The number of benzene rings is 1. The Labute approximate surface area is 148 Å². The van der Waals surface area contributed by atoms with Gasteiger partial charge in [-0.1, -0.05) is 17.7 Å². The van der Waals surface area contributed by atoms with E-state index in [2.05, 4.69) is 24.3 Å². The van der Waals surface area contributed by atoms with Gasteiger partial charge in [0.05, 0.1) is 5.69 Å². The molecule has 1 heterocycles. The van der Waals surface area contributed by atoms with Crippen LogP contribution in [0.2, 0.25) is 5.02 Å². The standard InChI is InChI=1S/C18H25ClN4O/c1-6-23-14(4)16(13(3)21-23)9-10-22(5)18(24)20-17-11-15(19)8-7-12(17)2/h7-8,11H,6,9-10H2,1-5H3,(H,20,24). The predicted octanol–water partition coefficient (Wildman–Crippen LogP) is 4.19. The third kappa shape index (κ3) is 4.09. The molecule has 2 rings (SSSR count). The van der Waals surface area contributed by atoms with Gasteiger partial charge in [0.2, 0.25) is 0 Å². The summed E-state index contributed by atoms with van der Waals surface area (Å²) in [6, 6.07) is 5.33. The predicted molar refractivity (Wildman–Crippen MR) is 98.9 cm³/mol. The molecule has 0 fully saturated rings. The number of nitrogens with one attached hydrogen (secondary N) is 1. The summed E-state index contributed by atoms with van der Waals surface area (Å²) in [6.45, 7) is 9.60. The number of aromatic nitrogens is 2. The fourth-order valence-electron chi connectivity index (χ4n) is 2.72. The number of likely N-dealkylation sites (N-methyl/N-ethyl adjacent to an activating group) is 1. The second kappa shape index (κ2) is 7.71. The van der Waals surface area contributed by atoms with Crippen LogP contribution >= 0.6 is 11.6 Å². The Kier molecular flexibility index (Phi) is 5.89. The number of carbonyl (C=O) groups is 1. The minimum absolute atomic E-state index is 0.140. The van der Waals surface area contributed by atoms with Crippen molar-refractivity contribution in [3.05, 3.63) is 45.7 Å². The first kappa shape index (κ1) is 18.3. The smallest absolute Gasteiger partial charge is 0.321 e. The minimum Gasteiger partial charge on any atom is -0.327 e. The van der Waals surface area contributed by atoms with E-state index < -0.39 is 0 Å². The fourth-order valence-corrected chi connectivity index (χ4v) is 2.90. The van der Waals surface area contributed by atoms with E-state index in [9.17, 15) is 4.79 Å². The lowest BCUT2D eigenvalue weighted by molar-refractivity contribution is 0.223. The molecule has 0 unspecified atom stereocenters. The van der Waals surface area contributed by atoms with Gasteiger partial charge in [-0.05, 0) is 57.4 Å². The van der Waals surface area contributed by atoms with Gasteiger partial charge >= 0.3 is 6.03 Å². The average molecular weight is 349 g/mol. The van der Waals surface area contributed by atoms with Gasteiger partial charge in [0.15, 0.2) is 0 Å². The number of anilines is 1. The summed E-state index contributed by atoms with van der Waals surface area (Å²) in [5.41, 5.74) is 5.15. The van der Waals surface area contributed by atoms with E-state index in [1.54, 1.807) is 18.0 Å². The highest BCUT2D eigenvalue weighted by atomic mass is 35.5. The molecule has 0 atom stereocenters. The highest BCUT2D eigenvalue weighted by Crippen LogP contribution is 2.20. The normalized spacial score (nSPS) is 10.8. The van der Waals surface area contributed by atoms with Gasteiger partial charge in [0.25, 0.3) is 0 Å². The van der Waals surface area contributed by atoms with E-state index in [0.717, 1.165) is 29.9 Å². The molecule has 0 spiro atoms. The van der Waals surface area contributed by atoms with Crippen molar-refractivity contribution in [1.29, 1.82) is 0 Å². The summed E-state index contributed by atoms with van der Waals surface area (Å²) in [4.78, 5) is 14.1. The molecule has 1 N–H and O–H groups in total. The molecule has 24 heavy (non-hydrogen) atoms. The SMILES string of the molecule is CCn1nc(C)c(CCN(C)C(=O)Nc2cc(Cl)ccc2C)c1C. The largest absolute Gasteiger partial charge is 0.327 e. The van der Waals surface area contributed by atoms with Crippen LogP contribution in [0.1, 0.15) is 29.4 Å². The molecule has 0 aliphatic rings. The maximum atomic E-state index is 12.4. The maximum Gasteiger partial charge on any atom is 0.321 e. The molecule has 1 aromatic heterocycles. The van der Waals surface area contributed by atoms with Crippen LogP contribution in [-0.4, -0.2) is 34.3 Å². The summed E-state index contributed by atoms with van der Waals surface area (Å²) in [5, 5.41) is 8.05. The van der Waals surface area contributed by atoms with Crippen LogP contribution in [0.5, 0.6) is 0 Å². The highest BCUT2D eigenvalue weighted by molar-refractivity contribution is 6.31. The van der Waals surface area contributed by atoms with Crippen LogP contribution in [0.25, 0.3) is 0 Å².